The highest BCUT2D eigenvalue weighted by Crippen LogP contribution is 2.47. The number of carbonyl (C=O) groups is 1. The van der Waals surface area contributed by atoms with Crippen molar-refractivity contribution in [3.05, 3.63) is 29.3 Å². The maximum absolute atomic E-state index is 12.1. The highest BCUT2D eigenvalue weighted by atomic mass is 16.5. The molecule has 0 amide bonds. The van der Waals surface area contributed by atoms with Crippen molar-refractivity contribution in [3.63, 3.8) is 0 Å². The predicted octanol–water partition coefficient (Wildman–Crippen LogP) is 4.08. The zero-order chi connectivity index (χ0) is 15.1. The molecule has 1 N–H and O–H groups in total. The summed E-state index contributed by atoms with van der Waals surface area (Å²) in [6, 6.07) is 6.04. The van der Waals surface area contributed by atoms with Gasteiger partial charge in [0, 0.05) is 5.56 Å². The van der Waals surface area contributed by atoms with E-state index in [1.807, 2.05) is 12.1 Å². The van der Waals surface area contributed by atoms with Crippen molar-refractivity contribution in [1.29, 1.82) is 0 Å². The largest absolute Gasteiger partial charge is 0.487 e. The van der Waals surface area contributed by atoms with Crippen LogP contribution in [0.15, 0.2) is 18.2 Å². The highest BCUT2D eigenvalue weighted by Gasteiger charge is 2.45. The first-order valence-electron chi connectivity index (χ1n) is 7.99. The van der Waals surface area contributed by atoms with E-state index in [1.54, 1.807) is 0 Å². The molecule has 1 aromatic carbocycles. The Morgan fingerprint density at radius 1 is 1.14 bits per heavy atom. The Kier molecular flexibility index (Phi) is 3.46. The predicted molar refractivity (Wildman–Crippen MR) is 81.9 cm³/mol. The number of hydrogen-bond donors (Lipinski definition) is 1. The minimum Gasteiger partial charge on any atom is -0.487 e. The van der Waals surface area contributed by atoms with Crippen molar-refractivity contribution < 1.29 is 14.6 Å². The van der Waals surface area contributed by atoms with E-state index in [4.69, 9.17) is 4.74 Å². The first-order chi connectivity index (χ1) is 9.95. The molecule has 0 bridgehead atoms. The van der Waals surface area contributed by atoms with Gasteiger partial charge >= 0.3 is 5.97 Å². The second kappa shape index (κ2) is 5.04. The summed E-state index contributed by atoms with van der Waals surface area (Å²) in [5.41, 5.74) is 1.10. The Morgan fingerprint density at radius 2 is 1.86 bits per heavy atom. The van der Waals surface area contributed by atoms with Gasteiger partial charge < -0.3 is 9.84 Å². The molecular weight excluding hydrogens is 264 g/mol. The monoisotopic (exact) mass is 288 g/mol. The Labute approximate surface area is 126 Å². The summed E-state index contributed by atoms with van der Waals surface area (Å²) in [5.74, 6) is 0.153. The van der Waals surface area contributed by atoms with Crippen molar-refractivity contribution in [1.82, 2.24) is 0 Å². The second-order valence-corrected chi connectivity index (χ2v) is 7.10. The third-order valence-electron chi connectivity index (χ3n) is 5.10. The minimum atomic E-state index is -0.753. The van der Waals surface area contributed by atoms with Crippen LogP contribution < -0.4 is 4.74 Å². The molecule has 3 rings (SSSR count). The molecule has 3 heteroatoms. The topological polar surface area (TPSA) is 46.5 Å². The summed E-state index contributed by atoms with van der Waals surface area (Å²) in [4.78, 5) is 12.1. The maximum atomic E-state index is 12.1. The zero-order valence-electron chi connectivity index (χ0n) is 12.9. The molecule has 21 heavy (non-hydrogen) atoms. The van der Waals surface area contributed by atoms with E-state index in [0.717, 1.165) is 61.8 Å². The van der Waals surface area contributed by atoms with E-state index < -0.39 is 11.4 Å². The van der Waals surface area contributed by atoms with Crippen molar-refractivity contribution in [2.45, 2.75) is 69.8 Å². The number of ether oxygens (including phenoxy) is 1. The van der Waals surface area contributed by atoms with E-state index in [1.165, 1.54) is 0 Å². The number of benzene rings is 1. The van der Waals surface area contributed by atoms with Crippen LogP contribution >= 0.6 is 0 Å². The number of rotatable bonds is 2. The molecule has 0 saturated heterocycles. The van der Waals surface area contributed by atoms with Crippen molar-refractivity contribution in [2.24, 2.45) is 0 Å². The fraction of sp³-hybridized carbons (Fsp3) is 0.611. The lowest BCUT2D eigenvalue weighted by atomic mass is 9.68. The van der Waals surface area contributed by atoms with Gasteiger partial charge in [0.05, 0.1) is 5.41 Å². The molecule has 1 aliphatic heterocycles. The third kappa shape index (κ3) is 2.43. The van der Waals surface area contributed by atoms with Gasteiger partial charge in [0.25, 0.3) is 0 Å². The number of hydrogen-bond acceptors (Lipinski definition) is 2. The molecule has 0 radical (unpaired) electrons. The number of carboxylic acids is 1. The van der Waals surface area contributed by atoms with Gasteiger partial charge in [-0.05, 0) is 45.1 Å². The average Bonchev–Trinajstić information content (AvgIpc) is 2.46. The van der Waals surface area contributed by atoms with Crippen LogP contribution in [0.2, 0.25) is 0 Å². The Balaban J connectivity index is 2.11. The number of aliphatic carboxylic acids is 1. The fourth-order valence-electron chi connectivity index (χ4n) is 3.80. The summed E-state index contributed by atoms with van der Waals surface area (Å²) in [7, 11) is 0. The normalized spacial score (nSPS) is 23.0. The Hall–Kier alpha value is -1.51. The van der Waals surface area contributed by atoms with Crippen molar-refractivity contribution >= 4 is 5.97 Å². The van der Waals surface area contributed by atoms with Crippen LogP contribution in [0.1, 0.15) is 63.5 Å². The zero-order valence-corrected chi connectivity index (χ0v) is 12.9. The van der Waals surface area contributed by atoms with Gasteiger partial charge in [0.2, 0.25) is 0 Å². The average molecular weight is 288 g/mol. The Bertz CT molecular complexity index is 554. The molecule has 0 spiro atoms. The number of para-hydroxylation sites is 1. The van der Waals surface area contributed by atoms with Gasteiger partial charge in [-0.2, -0.15) is 0 Å². The molecule has 114 valence electrons. The third-order valence-corrected chi connectivity index (χ3v) is 5.10. The van der Waals surface area contributed by atoms with Gasteiger partial charge in [-0.3, -0.25) is 4.79 Å². The van der Waals surface area contributed by atoms with E-state index in [2.05, 4.69) is 19.9 Å². The molecule has 0 aromatic heterocycles. The van der Waals surface area contributed by atoms with E-state index in [9.17, 15) is 9.90 Å². The minimum absolute atomic E-state index is 0.211. The van der Waals surface area contributed by atoms with Gasteiger partial charge in [-0.1, -0.05) is 37.5 Å². The molecule has 3 nitrogen and oxygen atoms in total. The molecule has 2 aliphatic rings. The molecule has 0 unspecified atom stereocenters. The van der Waals surface area contributed by atoms with Crippen LogP contribution in [0.3, 0.4) is 0 Å². The van der Waals surface area contributed by atoms with E-state index >= 15 is 0 Å². The summed E-state index contributed by atoms with van der Waals surface area (Å²) in [6.07, 6.45) is 6.50. The maximum Gasteiger partial charge on any atom is 0.314 e. The first kappa shape index (κ1) is 14.4. The lowest BCUT2D eigenvalue weighted by Gasteiger charge is -2.39. The van der Waals surface area contributed by atoms with E-state index in [-0.39, 0.29) is 5.60 Å². The van der Waals surface area contributed by atoms with Crippen LogP contribution in [-0.2, 0) is 16.6 Å². The lowest BCUT2D eigenvalue weighted by molar-refractivity contribution is -0.145. The van der Waals surface area contributed by atoms with Crippen LogP contribution in [0.4, 0.5) is 0 Å². The molecule has 1 aromatic rings. The summed E-state index contributed by atoms with van der Waals surface area (Å²) >= 11 is 0. The molecule has 1 fully saturated rings. The first-order valence-corrected chi connectivity index (χ1v) is 7.99. The van der Waals surface area contributed by atoms with Crippen LogP contribution in [0.5, 0.6) is 5.75 Å². The smallest absolute Gasteiger partial charge is 0.314 e. The SMILES string of the molecule is CC1(C)CCc2cccc(C3(C(=O)O)CCCCC3)c2O1. The number of fused-ring (bicyclic) bond motifs is 1. The van der Waals surface area contributed by atoms with Crippen LogP contribution in [0, 0.1) is 0 Å². The molecule has 1 aliphatic carbocycles. The summed E-state index contributed by atoms with van der Waals surface area (Å²) in [6.45, 7) is 4.17. The molecule has 1 saturated carbocycles. The lowest BCUT2D eigenvalue weighted by Crippen LogP contribution is -2.40. The summed E-state index contributed by atoms with van der Waals surface area (Å²) < 4.78 is 6.22. The van der Waals surface area contributed by atoms with Crippen molar-refractivity contribution in [3.8, 4) is 5.75 Å². The van der Waals surface area contributed by atoms with Crippen LogP contribution in [-0.4, -0.2) is 16.7 Å². The van der Waals surface area contributed by atoms with Gasteiger partial charge in [0.1, 0.15) is 11.4 Å². The fourth-order valence-corrected chi connectivity index (χ4v) is 3.80. The number of aryl methyl sites for hydroxylation is 1. The van der Waals surface area contributed by atoms with E-state index in [0.29, 0.717) is 0 Å². The van der Waals surface area contributed by atoms with Gasteiger partial charge in [-0.15, -0.1) is 0 Å². The number of carboxylic acid groups (broad SMARTS) is 1. The summed E-state index contributed by atoms with van der Waals surface area (Å²) in [5, 5.41) is 9.92. The molecule has 1 heterocycles. The van der Waals surface area contributed by atoms with Gasteiger partial charge in [0.15, 0.2) is 0 Å². The molecule has 0 atom stereocenters. The van der Waals surface area contributed by atoms with Gasteiger partial charge in [-0.25, -0.2) is 0 Å². The van der Waals surface area contributed by atoms with Crippen molar-refractivity contribution in [2.75, 3.05) is 0 Å². The Morgan fingerprint density at radius 3 is 2.52 bits per heavy atom. The van der Waals surface area contributed by atoms with Crippen LogP contribution in [0.25, 0.3) is 0 Å². The molecular formula is C18H24O3. The standard InChI is InChI=1S/C18H24O3/c1-17(2)12-9-13-7-6-8-14(15(13)21-17)18(16(19)20)10-4-3-5-11-18/h6-8H,3-5,9-12H2,1-2H3,(H,19,20). The quantitative estimate of drug-likeness (QED) is 0.892. The highest BCUT2D eigenvalue weighted by molar-refractivity contribution is 5.83. The second-order valence-electron chi connectivity index (χ2n) is 7.10.